The van der Waals surface area contributed by atoms with Crippen molar-refractivity contribution in [3.63, 3.8) is 0 Å². The monoisotopic (exact) mass is 515 g/mol. The van der Waals surface area contributed by atoms with Crippen molar-refractivity contribution in [1.82, 2.24) is 14.9 Å². The zero-order chi connectivity index (χ0) is 27.1. The Labute approximate surface area is 224 Å². The number of carbonyl (C=O) groups is 1. The Bertz CT molecular complexity index is 1370. The molecule has 0 unspecified atom stereocenters. The number of amides is 1. The molecular weight excluding hydrogens is 478 g/mol. The minimum absolute atomic E-state index is 0.0538. The molecule has 4 aromatic rings. The Kier molecular flexibility index (Phi) is 8.56. The summed E-state index contributed by atoms with van der Waals surface area (Å²) in [5.41, 5.74) is 4.25. The third-order valence-electron chi connectivity index (χ3n) is 6.52. The van der Waals surface area contributed by atoms with Gasteiger partial charge in [-0.1, -0.05) is 51.1 Å². The van der Waals surface area contributed by atoms with E-state index in [0.29, 0.717) is 37.6 Å². The third-order valence-corrected chi connectivity index (χ3v) is 6.52. The maximum Gasteiger partial charge on any atom is 0.224 e. The molecule has 0 aliphatic heterocycles. The third kappa shape index (κ3) is 6.65. The van der Waals surface area contributed by atoms with Crippen LogP contribution in [-0.4, -0.2) is 42.8 Å². The predicted molar refractivity (Wildman–Crippen MR) is 150 cm³/mol. The zero-order valence-corrected chi connectivity index (χ0v) is 22.9. The number of rotatable bonds is 11. The van der Waals surface area contributed by atoms with E-state index in [9.17, 15) is 4.79 Å². The van der Waals surface area contributed by atoms with Gasteiger partial charge in [0.1, 0.15) is 18.2 Å². The van der Waals surface area contributed by atoms with E-state index in [1.807, 2.05) is 48.5 Å². The fourth-order valence-corrected chi connectivity index (χ4v) is 4.42. The van der Waals surface area contributed by atoms with E-state index in [2.05, 4.69) is 48.9 Å². The molecule has 0 saturated carbocycles. The number of nitrogens with zero attached hydrogens (tertiary/aromatic N) is 2. The molecule has 200 valence electrons. The SMILES string of the molecule is COc1ccc(CC(=O)NCCc2nc3ccccc3n2CCOc2ccc(C(C)(C)C)cc2)cc1OC. The van der Waals surface area contributed by atoms with Gasteiger partial charge >= 0.3 is 0 Å². The molecule has 0 bridgehead atoms. The molecule has 0 fully saturated rings. The fourth-order valence-electron chi connectivity index (χ4n) is 4.42. The van der Waals surface area contributed by atoms with Crippen molar-refractivity contribution in [2.24, 2.45) is 0 Å². The van der Waals surface area contributed by atoms with Gasteiger partial charge in [0.15, 0.2) is 11.5 Å². The average molecular weight is 516 g/mol. The number of ether oxygens (including phenoxy) is 3. The van der Waals surface area contributed by atoms with Crippen LogP contribution in [0.1, 0.15) is 37.7 Å². The lowest BCUT2D eigenvalue weighted by Crippen LogP contribution is -2.28. The largest absolute Gasteiger partial charge is 0.493 e. The maximum absolute atomic E-state index is 12.6. The highest BCUT2D eigenvalue weighted by atomic mass is 16.5. The normalized spacial score (nSPS) is 11.4. The van der Waals surface area contributed by atoms with Gasteiger partial charge in [0.2, 0.25) is 5.91 Å². The number of imidazole rings is 1. The van der Waals surface area contributed by atoms with Crippen LogP contribution >= 0.6 is 0 Å². The highest BCUT2D eigenvalue weighted by Gasteiger charge is 2.14. The Morgan fingerprint density at radius 1 is 0.947 bits per heavy atom. The molecular formula is C31H37N3O4. The zero-order valence-electron chi connectivity index (χ0n) is 22.9. The first-order valence-corrected chi connectivity index (χ1v) is 12.9. The van der Waals surface area contributed by atoms with Crippen molar-refractivity contribution >= 4 is 16.9 Å². The van der Waals surface area contributed by atoms with Gasteiger partial charge in [-0.3, -0.25) is 4.79 Å². The lowest BCUT2D eigenvalue weighted by molar-refractivity contribution is -0.120. The van der Waals surface area contributed by atoms with Crippen LogP contribution in [0.4, 0.5) is 0 Å². The summed E-state index contributed by atoms with van der Waals surface area (Å²) in [7, 11) is 3.18. The molecule has 3 aromatic carbocycles. The molecule has 1 amide bonds. The molecule has 1 aromatic heterocycles. The van der Waals surface area contributed by atoms with Crippen LogP contribution in [-0.2, 0) is 29.6 Å². The lowest BCUT2D eigenvalue weighted by atomic mass is 9.87. The molecule has 0 aliphatic rings. The summed E-state index contributed by atoms with van der Waals surface area (Å²) < 4.78 is 18.9. The smallest absolute Gasteiger partial charge is 0.224 e. The van der Waals surface area contributed by atoms with Crippen molar-refractivity contribution in [2.75, 3.05) is 27.4 Å². The van der Waals surface area contributed by atoms with Crippen LogP contribution in [0.25, 0.3) is 11.0 Å². The number of aromatic nitrogens is 2. The van der Waals surface area contributed by atoms with E-state index in [-0.39, 0.29) is 17.7 Å². The molecule has 0 radical (unpaired) electrons. The summed E-state index contributed by atoms with van der Waals surface area (Å²) in [4.78, 5) is 17.4. The fraction of sp³-hybridized carbons (Fsp3) is 0.355. The van der Waals surface area contributed by atoms with E-state index >= 15 is 0 Å². The molecule has 1 N–H and O–H groups in total. The highest BCUT2D eigenvalue weighted by molar-refractivity contribution is 5.79. The van der Waals surface area contributed by atoms with Gasteiger partial charge in [-0.2, -0.15) is 0 Å². The van der Waals surface area contributed by atoms with Gasteiger partial charge in [-0.25, -0.2) is 4.98 Å². The highest BCUT2D eigenvalue weighted by Crippen LogP contribution is 2.28. The second-order valence-corrected chi connectivity index (χ2v) is 10.3. The van der Waals surface area contributed by atoms with E-state index < -0.39 is 0 Å². The van der Waals surface area contributed by atoms with E-state index in [0.717, 1.165) is 28.2 Å². The van der Waals surface area contributed by atoms with Crippen LogP contribution in [0.3, 0.4) is 0 Å². The molecule has 0 saturated heterocycles. The first-order chi connectivity index (χ1) is 18.3. The number of para-hydroxylation sites is 2. The van der Waals surface area contributed by atoms with Gasteiger partial charge in [-0.15, -0.1) is 0 Å². The molecule has 38 heavy (non-hydrogen) atoms. The first kappa shape index (κ1) is 27.0. The summed E-state index contributed by atoms with van der Waals surface area (Å²) in [6.07, 6.45) is 0.880. The number of benzene rings is 3. The minimum Gasteiger partial charge on any atom is -0.493 e. The Morgan fingerprint density at radius 2 is 1.68 bits per heavy atom. The second-order valence-electron chi connectivity index (χ2n) is 10.3. The number of hydrogen-bond acceptors (Lipinski definition) is 5. The second kappa shape index (κ2) is 12.0. The summed E-state index contributed by atoms with van der Waals surface area (Å²) in [5, 5.41) is 3.02. The number of fused-ring (bicyclic) bond motifs is 1. The van der Waals surface area contributed by atoms with Crippen LogP contribution in [0.2, 0.25) is 0 Å². The summed E-state index contributed by atoms with van der Waals surface area (Å²) in [6, 6.07) is 21.9. The van der Waals surface area contributed by atoms with Crippen LogP contribution in [0.15, 0.2) is 66.7 Å². The summed E-state index contributed by atoms with van der Waals surface area (Å²) in [6.45, 7) is 8.28. The summed E-state index contributed by atoms with van der Waals surface area (Å²) >= 11 is 0. The van der Waals surface area contributed by atoms with Crippen LogP contribution < -0.4 is 19.5 Å². The molecule has 0 aliphatic carbocycles. The number of hydrogen-bond donors (Lipinski definition) is 1. The minimum atomic E-state index is -0.0538. The number of nitrogens with one attached hydrogen (secondary N) is 1. The van der Waals surface area contributed by atoms with Crippen molar-refractivity contribution in [1.29, 1.82) is 0 Å². The molecule has 0 spiro atoms. The van der Waals surface area contributed by atoms with Gasteiger partial charge in [0.05, 0.1) is 38.2 Å². The van der Waals surface area contributed by atoms with Gasteiger partial charge < -0.3 is 24.1 Å². The molecule has 7 nitrogen and oxygen atoms in total. The van der Waals surface area contributed by atoms with Crippen molar-refractivity contribution in [2.45, 2.75) is 45.6 Å². The van der Waals surface area contributed by atoms with Crippen molar-refractivity contribution in [3.8, 4) is 17.2 Å². The Morgan fingerprint density at radius 3 is 2.39 bits per heavy atom. The molecule has 7 heteroatoms. The average Bonchev–Trinajstić information content (AvgIpc) is 3.25. The summed E-state index contributed by atoms with van der Waals surface area (Å²) in [5.74, 6) is 2.97. The lowest BCUT2D eigenvalue weighted by Gasteiger charge is -2.19. The molecule has 0 atom stereocenters. The van der Waals surface area contributed by atoms with Crippen molar-refractivity contribution < 1.29 is 19.0 Å². The van der Waals surface area contributed by atoms with E-state index in [1.165, 1.54) is 5.56 Å². The topological polar surface area (TPSA) is 74.6 Å². The van der Waals surface area contributed by atoms with Crippen LogP contribution in [0.5, 0.6) is 17.2 Å². The van der Waals surface area contributed by atoms with Gasteiger partial charge in [-0.05, 0) is 52.9 Å². The number of carbonyl (C=O) groups excluding carboxylic acids is 1. The Balaban J connectivity index is 1.35. The molecule has 4 rings (SSSR count). The standard InChI is InChI=1S/C31H37N3O4/c1-31(2,3)23-11-13-24(14-12-23)38-19-18-34-26-9-7-6-8-25(26)33-29(34)16-17-32-30(35)21-22-10-15-27(36-4)28(20-22)37-5/h6-15,20H,16-19,21H2,1-5H3,(H,32,35). The first-order valence-electron chi connectivity index (χ1n) is 12.9. The predicted octanol–water partition coefficient (Wildman–Crippen LogP) is 5.33. The van der Waals surface area contributed by atoms with Gasteiger partial charge in [0.25, 0.3) is 0 Å². The van der Waals surface area contributed by atoms with E-state index in [1.54, 1.807) is 14.2 Å². The van der Waals surface area contributed by atoms with Crippen molar-refractivity contribution in [3.05, 3.63) is 83.7 Å². The maximum atomic E-state index is 12.6. The molecule has 1 heterocycles. The van der Waals surface area contributed by atoms with Gasteiger partial charge in [0, 0.05) is 13.0 Å². The number of methoxy groups -OCH3 is 2. The van der Waals surface area contributed by atoms with E-state index in [4.69, 9.17) is 19.2 Å². The Hall–Kier alpha value is -4.00. The van der Waals surface area contributed by atoms with Crippen LogP contribution in [0, 0.1) is 0 Å². The quantitative estimate of drug-likeness (QED) is 0.292.